The minimum atomic E-state index is 0.0692. The van der Waals surface area contributed by atoms with Gasteiger partial charge in [-0.25, -0.2) is 0 Å². The average molecular weight is 250 g/mol. The molecule has 1 aromatic rings. The third kappa shape index (κ3) is 2.75. The number of nitrogens with zero attached hydrogens (tertiary/aromatic N) is 1. The van der Waals surface area contributed by atoms with Gasteiger partial charge >= 0.3 is 0 Å². The van der Waals surface area contributed by atoms with Gasteiger partial charge in [-0.15, -0.1) is 0 Å². The molecular weight excluding hydrogens is 228 g/mol. The predicted octanol–water partition coefficient (Wildman–Crippen LogP) is 2.39. The predicted molar refractivity (Wildman–Crippen MR) is 70.1 cm³/mol. The highest BCUT2D eigenvalue weighted by atomic mass is 16.3. The van der Waals surface area contributed by atoms with Gasteiger partial charge < -0.3 is 15.1 Å². The Bertz CT molecular complexity index is 414. The summed E-state index contributed by atoms with van der Waals surface area (Å²) in [4.78, 5) is 14.4. The molecular formula is C14H22N2O2. The largest absolute Gasteiger partial charge is 0.467 e. The first-order chi connectivity index (χ1) is 8.61. The molecule has 2 atom stereocenters. The van der Waals surface area contributed by atoms with Crippen LogP contribution in [0.4, 0.5) is 0 Å². The van der Waals surface area contributed by atoms with E-state index in [1.807, 2.05) is 4.90 Å². The highest BCUT2D eigenvalue weighted by Gasteiger charge is 2.26. The monoisotopic (exact) mass is 250 g/mol. The molecule has 2 N–H and O–H groups in total. The van der Waals surface area contributed by atoms with E-state index in [0.717, 1.165) is 13.0 Å². The second-order valence-electron chi connectivity index (χ2n) is 5.35. The van der Waals surface area contributed by atoms with Gasteiger partial charge in [0.25, 0.3) is 5.91 Å². The summed E-state index contributed by atoms with van der Waals surface area (Å²) in [5.74, 6) is 1.30. The van der Waals surface area contributed by atoms with Gasteiger partial charge in [0.15, 0.2) is 0 Å². The Morgan fingerprint density at radius 1 is 1.50 bits per heavy atom. The van der Waals surface area contributed by atoms with Crippen molar-refractivity contribution < 1.29 is 9.21 Å². The normalized spacial score (nSPS) is 24.9. The first kappa shape index (κ1) is 13.1. The molecule has 1 aromatic heterocycles. The van der Waals surface area contributed by atoms with Crippen LogP contribution in [0.3, 0.4) is 0 Å². The summed E-state index contributed by atoms with van der Waals surface area (Å²) in [5, 5.41) is 0. The Morgan fingerprint density at radius 3 is 2.94 bits per heavy atom. The first-order valence-electron chi connectivity index (χ1n) is 6.70. The van der Waals surface area contributed by atoms with Crippen LogP contribution in [0.25, 0.3) is 0 Å². The molecule has 1 amide bonds. The number of hydrogen-bond donors (Lipinski definition) is 1. The molecule has 100 valence electrons. The second kappa shape index (κ2) is 5.57. The molecule has 0 radical (unpaired) electrons. The maximum atomic E-state index is 12.5. The van der Waals surface area contributed by atoms with Crippen LogP contribution >= 0.6 is 0 Å². The standard InChI is InChI=1S/C14H22N2O2/c1-10-4-3-5-11(2)16(8-10)14(17)12-6-13(7-15)18-9-12/h6,9-11H,3-5,7-8,15H2,1-2H3. The van der Waals surface area contributed by atoms with E-state index in [-0.39, 0.29) is 5.91 Å². The third-order valence-electron chi connectivity index (χ3n) is 3.72. The summed E-state index contributed by atoms with van der Waals surface area (Å²) >= 11 is 0. The van der Waals surface area contributed by atoms with Gasteiger partial charge in [0.1, 0.15) is 12.0 Å². The minimum absolute atomic E-state index is 0.0692. The number of carbonyl (C=O) groups excluding carboxylic acids is 1. The summed E-state index contributed by atoms with van der Waals surface area (Å²) < 4.78 is 5.25. The summed E-state index contributed by atoms with van der Waals surface area (Å²) in [6.45, 7) is 5.50. The number of hydrogen-bond acceptors (Lipinski definition) is 3. The van der Waals surface area contributed by atoms with Gasteiger partial charge in [-0.1, -0.05) is 13.3 Å². The molecule has 2 unspecified atom stereocenters. The lowest BCUT2D eigenvalue weighted by molar-refractivity contribution is 0.0676. The van der Waals surface area contributed by atoms with Gasteiger partial charge in [-0.2, -0.15) is 0 Å². The Morgan fingerprint density at radius 2 is 2.28 bits per heavy atom. The molecule has 0 spiro atoms. The van der Waals surface area contributed by atoms with Crippen molar-refractivity contribution in [3.8, 4) is 0 Å². The molecule has 1 aliphatic rings. The molecule has 0 saturated carbocycles. The molecule has 1 fully saturated rings. The van der Waals surface area contributed by atoms with E-state index < -0.39 is 0 Å². The number of nitrogens with two attached hydrogens (primary N) is 1. The molecule has 1 saturated heterocycles. The van der Waals surface area contributed by atoms with Crippen molar-refractivity contribution in [2.75, 3.05) is 6.54 Å². The Kier molecular flexibility index (Phi) is 4.07. The molecule has 2 heterocycles. The van der Waals surface area contributed by atoms with Crippen LogP contribution in [0.2, 0.25) is 0 Å². The molecule has 4 heteroatoms. The lowest BCUT2D eigenvalue weighted by Crippen LogP contribution is -2.39. The molecule has 0 bridgehead atoms. The number of likely N-dealkylation sites (tertiary alicyclic amines) is 1. The van der Waals surface area contributed by atoms with E-state index in [1.54, 1.807) is 6.07 Å². The van der Waals surface area contributed by atoms with Crippen molar-refractivity contribution in [1.29, 1.82) is 0 Å². The van der Waals surface area contributed by atoms with Gasteiger partial charge in [-0.05, 0) is 31.7 Å². The van der Waals surface area contributed by atoms with Crippen LogP contribution in [0.1, 0.15) is 49.2 Å². The fraction of sp³-hybridized carbons (Fsp3) is 0.643. The second-order valence-corrected chi connectivity index (χ2v) is 5.35. The fourth-order valence-electron chi connectivity index (χ4n) is 2.57. The zero-order chi connectivity index (χ0) is 13.1. The number of furan rings is 1. The minimum Gasteiger partial charge on any atom is -0.467 e. The lowest BCUT2D eigenvalue weighted by Gasteiger charge is -2.28. The van der Waals surface area contributed by atoms with E-state index in [0.29, 0.717) is 29.8 Å². The SMILES string of the molecule is CC1CCCC(C)N(C(=O)c2coc(CN)c2)C1. The third-order valence-corrected chi connectivity index (χ3v) is 3.72. The van der Waals surface area contributed by atoms with Crippen LogP contribution in [0.5, 0.6) is 0 Å². The van der Waals surface area contributed by atoms with Crippen molar-refractivity contribution in [2.24, 2.45) is 11.7 Å². The van der Waals surface area contributed by atoms with Crippen LogP contribution in [0, 0.1) is 5.92 Å². The van der Waals surface area contributed by atoms with Crippen molar-refractivity contribution >= 4 is 5.91 Å². The molecule has 4 nitrogen and oxygen atoms in total. The number of rotatable bonds is 2. The molecule has 0 aromatic carbocycles. The van der Waals surface area contributed by atoms with E-state index in [4.69, 9.17) is 10.2 Å². The van der Waals surface area contributed by atoms with Gasteiger partial charge in [-0.3, -0.25) is 4.79 Å². The van der Waals surface area contributed by atoms with Gasteiger partial charge in [0, 0.05) is 12.6 Å². The Balaban J connectivity index is 2.15. The van der Waals surface area contributed by atoms with Crippen molar-refractivity contribution in [3.05, 3.63) is 23.7 Å². The summed E-state index contributed by atoms with van der Waals surface area (Å²) in [6.07, 6.45) is 5.00. The van der Waals surface area contributed by atoms with Gasteiger partial charge in [0.05, 0.1) is 12.1 Å². The molecule has 1 aliphatic heterocycles. The van der Waals surface area contributed by atoms with Crippen molar-refractivity contribution in [3.63, 3.8) is 0 Å². The zero-order valence-electron chi connectivity index (χ0n) is 11.2. The van der Waals surface area contributed by atoms with E-state index >= 15 is 0 Å². The molecule has 0 aliphatic carbocycles. The van der Waals surface area contributed by atoms with E-state index in [9.17, 15) is 4.79 Å². The number of carbonyl (C=O) groups is 1. The molecule has 2 rings (SSSR count). The highest BCUT2D eigenvalue weighted by Crippen LogP contribution is 2.23. The smallest absolute Gasteiger partial charge is 0.257 e. The summed E-state index contributed by atoms with van der Waals surface area (Å²) in [7, 11) is 0. The van der Waals surface area contributed by atoms with Crippen LogP contribution in [0.15, 0.2) is 16.7 Å². The molecule has 18 heavy (non-hydrogen) atoms. The zero-order valence-corrected chi connectivity index (χ0v) is 11.2. The van der Waals surface area contributed by atoms with E-state index in [1.165, 1.54) is 19.1 Å². The quantitative estimate of drug-likeness (QED) is 0.876. The Hall–Kier alpha value is -1.29. The highest BCUT2D eigenvalue weighted by molar-refractivity contribution is 5.94. The van der Waals surface area contributed by atoms with E-state index in [2.05, 4.69) is 13.8 Å². The summed E-state index contributed by atoms with van der Waals surface area (Å²) in [5.41, 5.74) is 6.12. The lowest BCUT2D eigenvalue weighted by atomic mass is 10.1. The van der Waals surface area contributed by atoms with Gasteiger partial charge in [0.2, 0.25) is 0 Å². The van der Waals surface area contributed by atoms with Crippen molar-refractivity contribution in [1.82, 2.24) is 4.90 Å². The Labute approximate surface area is 108 Å². The van der Waals surface area contributed by atoms with Crippen LogP contribution in [-0.2, 0) is 6.54 Å². The summed E-state index contributed by atoms with van der Waals surface area (Å²) in [6, 6.07) is 2.06. The fourth-order valence-corrected chi connectivity index (χ4v) is 2.57. The van der Waals surface area contributed by atoms with Crippen LogP contribution in [-0.4, -0.2) is 23.4 Å². The average Bonchev–Trinajstić information content (AvgIpc) is 2.77. The topological polar surface area (TPSA) is 59.5 Å². The number of amides is 1. The first-order valence-corrected chi connectivity index (χ1v) is 6.70. The maximum absolute atomic E-state index is 12.5. The van der Waals surface area contributed by atoms with Crippen molar-refractivity contribution in [2.45, 2.75) is 45.7 Å². The van der Waals surface area contributed by atoms with Crippen LogP contribution < -0.4 is 5.73 Å². The maximum Gasteiger partial charge on any atom is 0.257 e.